The number of fused-ring (bicyclic) bond motifs is 1. The van der Waals surface area contributed by atoms with Crippen LogP contribution in [0.2, 0.25) is 0 Å². The van der Waals surface area contributed by atoms with Gasteiger partial charge in [-0.2, -0.15) is 0 Å². The van der Waals surface area contributed by atoms with Crippen LogP contribution in [0.15, 0.2) is 53.8 Å². The number of hydrogen-bond acceptors (Lipinski definition) is 3. The topological polar surface area (TPSA) is 32.9 Å². The fraction of sp³-hybridized carbons (Fsp3) is 0.176. The Labute approximate surface area is 155 Å². The number of aryl methyl sites for hydroxylation is 1. The zero-order valence-corrected chi connectivity index (χ0v) is 15.6. The molecule has 0 N–H and O–H groups in total. The van der Waals surface area contributed by atoms with Crippen LogP contribution in [0.25, 0.3) is 5.52 Å². The van der Waals surface area contributed by atoms with Crippen molar-refractivity contribution >= 4 is 11.7 Å². The summed E-state index contributed by atoms with van der Waals surface area (Å²) in [5.41, 5.74) is 4.35. The molecule has 0 aliphatic carbocycles. The zero-order chi connectivity index (χ0) is 14.7. The van der Waals surface area contributed by atoms with E-state index in [0.717, 1.165) is 17.6 Å². The normalized spacial score (nSPS) is 10.8. The molecule has 3 rings (SSSR count). The third-order valence-electron chi connectivity index (χ3n) is 3.28. The summed E-state index contributed by atoms with van der Waals surface area (Å²) in [4.78, 5) is 0. The number of benzene rings is 1. The molecular formula is C17H17N4Y-. The van der Waals surface area contributed by atoms with Gasteiger partial charge in [-0.1, -0.05) is 48.2 Å². The maximum atomic E-state index is 4.47. The molecule has 0 aliphatic rings. The smallest absolute Gasteiger partial charge is 0.0595 e. The molecule has 2 aromatic heterocycles. The summed E-state index contributed by atoms with van der Waals surface area (Å²) in [6.45, 7) is 2.84. The van der Waals surface area contributed by atoms with Crippen molar-refractivity contribution in [2.75, 3.05) is 7.05 Å². The maximum absolute atomic E-state index is 4.47. The van der Waals surface area contributed by atoms with Crippen molar-refractivity contribution in [2.24, 2.45) is 5.10 Å². The van der Waals surface area contributed by atoms with Gasteiger partial charge in [-0.3, -0.25) is 10.2 Å². The third kappa shape index (κ3) is 4.02. The van der Waals surface area contributed by atoms with E-state index in [1.54, 1.807) is 0 Å². The molecule has 0 saturated carbocycles. The first kappa shape index (κ1) is 16.8. The predicted molar refractivity (Wildman–Crippen MR) is 84.3 cm³/mol. The van der Waals surface area contributed by atoms with Crippen molar-refractivity contribution in [3.8, 4) is 0 Å². The van der Waals surface area contributed by atoms with Crippen molar-refractivity contribution in [1.82, 2.24) is 14.6 Å². The summed E-state index contributed by atoms with van der Waals surface area (Å²) in [5.74, 6) is 0. The summed E-state index contributed by atoms with van der Waals surface area (Å²) in [7, 11) is 1.96. The molecule has 0 amide bonds. The molecule has 3 aromatic rings. The van der Waals surface area contributed by atoms with Crippen molar-refractivity contribution < 1.29 is 32.7 Å². The summed E-state index contributed by atoms with van der Waals surface area (Å²) < 4.78 is 1.81. The number of pyridine rings is 1. The Hall–Kier alpha value is -1.52. The summed E-state index contributed by atoms with van der Waals surface area (Å²) >= 11 is 0. The monoisotopic (exact) mass is 366 g/mol. The van der Waals surface area contributed by atoms with Gasteiger partial charge < -0.3 is 9.52 Å². The molecule has 2 heterocycles. The van der Waals surface area contributed by atoms with E-state index < -0.39 is 0 Å². The van der Waals surface area contributed by atoms with E-state index in [2.05, 4.69) is 41.5 Å². The van der Waals surface area contributed by atoms with Gasteiger partial charge >= 0.3 is 0 Å². The molecule has 1 radical (unpaired) electrons. The van der Waals surface area contributed by atoms with E-state index in [9.17, 15) is 0 Å². The second-order valence-electron chi connectivity index (χ2n) is 5.11. The van der Waals surface area contributed by atoms with Gasteiger partial charge in [0.25, 0.3) is 0 Å². The number of aromatic nitrogens is 2. The number of nitrogens with zero attached hydrogens (tertiary/aromatic N) is 4. The summed E-state index contributed by atoms with van der Waals surface area (Å²) in [6, 6.07) is 14.4. The predicted octanol–water partition coefficient (Wildman–Crippen LogP) is 2.91. The minimum Gasteiger partial charge on any atom is -0.308 e. The average molecular weight is 366 g/mol. The maximum Gasteiger partial charge on any atom is 0.0595 e. The average Bonchev–Trinajstić information content (AvgIpc) is 2.88. The van der Waals surface area contributed by atoms with Crippen LogP contribution in [0, 0.1) is 13.1 Å². The molecule has 22 heavy (non-hydrogen) atoms. The first-order valence-corrected chi connectivity index (χ1v) is 6.88. The van der Waals surface area contributed by atoms with E-state index in [-0.39, 0.29) is 32.7 Å². The quantitative estimate of drug-likeness (QED) is 0.404. The molecule has 0 aliphatic heterocycles. The van der Waals surface area contributed by atoms with Gasteiger partial charge in [-0.15, -0.1) is 5.56 Å². The molecule has 109 valence electrons. The van der Waals surface area contributed by atoms with Crippen LogP contribution in [0.3, 0.4) is 0 Å². The minimum atomic E-state index is 0. The van der Waals surface area contributed by atoms with Gasteiger partial charge in [0.05, 0.1) is 6.54 Å². The van der Waals surface area contributed by atoms with Crippen molar-refractivity contribution in [1.29, 1.82) is 0 Å². The second-order valence-corrected chi connectivity index (χ2v) is 5.11. The van der Waals surface area contributed by atoms with Crippen molar-refractivity contribution in [2.45, 2.75) is 13.5 Å². The zero-order valence-electron chi connectivity index (χ0n) is 12.8. The largest absolute Gasteiger partial charge is 0.308 e. The van der Waals surface area contributed by atoms with Crippen LogP contribution in [-0.4, -0.2) is 27.9 Å². The second kappa shape index (κ2) is 7.66. The van der Waals surface area contributed by atoms with Crippen molar-refractivity contribution in [3.63, 3.8) is 0 Å². The molecule has 4 nitrogen and oxygen atoms in total. The van der Waals surface area contributed by atoms with E-state index in [1.165, 1.54) is 11.1 Å². The molecule has 0 atom stereocenters. The fourth-order valence-corrected chi connectivity index (χ4v) is 2.19. The van der Waals surface area contributed by atoms with Gasteiger partial charge in [-0.25, -0.2) is 0 Å². The van der Waals surface area contributed by atoms with Gasteiger partial charge in [0.1, 0.15) is 0 Å². The number of rotatable bonds is 4. The molecule has 0 spiro atoms. The van der Waals surface area contributed by atoms with Crippen LogP contribution in [0.4, 0.5) is 0 Å². The Balaban J connectivity index is 0.00000176. The van der Waals surface area contributed by atoms with E-state index >= 15 is 0 Å². The van der Waals surface area contributed by atoms with Gasteiger partial charge in [0.2, 0.25) is 0 Å². The molecule has 0 fully saturated rings. The Bertz CT molecular complexity index is 765. The number of hydrogen-bond donors (Lipinski definition) is 0. The van der Waals surface area contributed by atoms with E-state index in [1.807, 2.05) is 53.2 Å². The molecule has 5 heteroatoms. The standard InChI is InChI=1S/C17H17N4.Y/c1-14-8-9-21-17(10-14)16(12-19-21)11-18-20(2)13-15-6-4-3-5-7-15;/h3-11H,13H2,1-2H3;/q-1;/b18-11+;. The molecule has 0 unspecified atom stereocenters. The first-order valence-electron chi connectivity index (χ1n) is 6.88. The van der Waals surface area contributed by atoms with Crippen LogP contribution in [-0.2, 0) is 39.3 Å². The van der Waals surface area contributed by atoms with Crippen LogP contribution in [0.5, 0.6) is 0 Å². The summed E-state index contributed by atoms with van der Waals surface area (Å²) in [5, 5.41) is 10.6. The van der Waals surface area contributed by atoms with Crippen LogP contribution in [0.1, 0.15) is 16.7 Å². The molecule has 0 bridgehead atoms. The Morgan fingerprint density at radius 1 is 1.27 bits per heavy atom. The Morgan fingerprint density at radius 2 is 2.05 bits per heavy atom. The van der Waals surface area contributed by atoms with E-state index in [4.69, 9.17) is 0 Å². The van der Waals surface area contributed by atoms with Gasteiger partial charge in [0.15, 0.2) is 0 Å². The van der Waals surface area contributed by atoms with Gasteiger partial charge in [-0.05, 0) is 30.3 Å². The fourth-order valence-electron chi connectivity index (χ4n) is 2.19. The summed E-state index contributed by atoms with van der Waals surface area (Å²) in [6.07, 6.45) is 6.74. The number of hydrazone groups is 1. The van der Waals surface area contributed by atoms with Gasteiger partial charge in [0, 0.05) is 46.0 Å². The first-order chi connectivity index (χ1) is 10.2. The Morgan fingerprint density at radius 3 is 2.82 bits per heavy atom. The SMILES string of the molecule is Cc1ccn2n[c-]c(/C=N/N(C)Cc3ccccc3)c2c1.[Y]. The Kier molecular flexibility index (Phi) is 5.86. The van der Waals surface area contributed by atoms with Crippen molar-refractivity contribution in [3.05, 3.63) is 71.5 Å². The minimum absolute atomic E-state index is 0. The van der Waals surface area contributed by atoms with Crippen LogP contribution < -0.4 is 0 Å². The molecule has 0 saturated heterocycles. The van der Waals surface area contributed by atoms with Crippen LogP contribution >= 0.6 is 0 Å². The molecular weight excluding hydrogens is 349 g/mol. The molecule has 1 aromatic carbocycles. The van der Waals surface area contributed by atoms with E-state index in [0.29, 0.717) is 0 Å². The third-order valence-corrected chi connectivity index (χ3v) is 3.28.